The molecule has 154 valence electrons. The SMILES string of the molecule is O=C1/C(=C\c2ccc(F)cc2)CN(C(=O)c2ccccc2)C/C1=C\c1ccc(F)cc1. The lowest BCUT2D eigenvalue weighted by Crippen LogP contribution is -2.41. The molecule has 0 aromatic heterocycles. The predicted molar refractivity (Wildman–Crippen MR) is 116 cm³/mol. The molecule has 1 saturated heterocycles. The zero-order chi connectivity index (χ0) is 21.8. The lowest BCUT2D eigenvalue weighted by molar-refractivity contribution is -0.113. The normalized spacial score (nSPS) is 16.7. The number of nitrogens with zero attached hydrogens (tertiary/aromatic N) is 1. The summed E-state index contributed by atoms with van der Waals surface area (Å²) in [4.78, 5) is 27.8. The van der Waals surface area contributed by atoms with E-state index in [1.807, 2.05) is 6.07 Å². The first kappa shape index (κ1) is 20.4. The second-order valence-electron chi connectivity index (χ2n) is 7.30. The van der Waals surface area contributed by atoms with Crippen molar-refractivity contribution >= 4 is 23.8 Å². The first-order valence-corrected chi connectivity index (χ1v) is 9.81. The Hall–Kier alpha value is -3.86. The Kier molecular flexibility index (Phi) is 5.85. The van der Waals surface area contributed by atoms with Crippen LogP contribution in [-0.4, -0.2) is 29.7 Å². The molecule has 1 aliphatic rings. The molecule has 0 atom stereocenters. The molecule has 0 unspecified atom stereocenters. The number of piperidine rings is 1. The molecule has 1 amide bonds. The number of hydrogen-bond acceptors (Lipinski definition) is 2. The summed E-state index contributed by atoms with van der Waals surface area (Å²) in [6, 6.07) is 20.5. The predicted octanol–water partition coefficient (Wildman–Crippen LogP) is 5.16. The molecular weight excluding hydrogens is 396 g/mol. The summed E-state index contributed by atoms with van der Waals surface area (Å²) < 4.78 is 26.5. The molecule has 1 aliphatic heterocycles. The quantitative estimate of drug-likeness (QED) is 0.555. The summed E-state index contributed by atoms with van der Waals surface area (Å²) in [5.41, 5.74) is 2.71. The van der Waals surface area contributed by atoms with Crippen molar-refractivity contribution in [2.24, 2.45) is 0 Å². The Balaban J connectivity index is 1.72. The van der Waals surface area contributed by atoms with Crippen LogP contribution in [0.3, 0.4) is 0 Å². The van der Waals surface area contributed by atoms with E-state index in [9.17, 15) is 18.4 Å². The van der Waals surface area contributed by atoms with Crippen LogP contribution in [0.1, 0.15) is 21.5 Å². The van der Waals surface area contributed by atoms with Crippen molar-refractivity contribution in [2.75, 3.05) is 13.1 Å². The molecule has 0 bridgehead atoms. The van der Waals surface area contributed by atoms with Gasteiger partial charge in [-0.25, -0.2) is 8.78 Å². The molecule has 31 heavy (non-hydrogen) atoms. The molecule has 0 radical (unpaired) electrons. The first-order chi connectivity index (χ1) is 15.0. The van der Waals surface area contributed by atoms with E-state index in [0.717, 1.165) is 0 Å². The van der Waals surface area contributed by atoms with Gasteiger partial charge in [-0.3, -0.25) is 9.59 Å². The minimum absolute atomic E-state index is 0.144. The van der Waals surface area contributed by atoms with E-state index in [2.05, 4.69) is 0 Å². The number of benzene rings is 3. The highest BCUT2D eigenvalue weighted by molar-refractivity contribution is 6.15. The fraction of sp³-hybridized carbons (Fsp3) is 0.0769. The van der Waals surface area contributed by atoms with Crippen LogP contribution >= 0.6 is 0 Å². The Morgan fingerprint density at radius 1 is 0.710 bits per heavy atom. The summed E-state index contributed by atoms with van der Waals surface area (Å²) in [5, 5.41) is 0. The second-order valence-corrected chi connectivity index (χ2v) is 7.30. The average Bonchev–Trinajstić information content (AvgIpc) is 2.79. The van der Waals surface area contributed by atoms with Crippen LogP contribution in [0.4, 0.5) is 8.78 Å². The van der Waals surface area contributed by atoms with Crippen molar-refractivity contribution in [3.8, 4) is 0 Å². The van der Waals surface area contributed by atoms with Gasteiger partial charge >= 0.3 is 0 Å². The van der Waals surface area contributed by atoms with Gasteiger partial charge in [0.05, 0.1) is 13.1 Å². The molecule has 4 rings (SSSR count). The number of hydrogen-bond donors (Lipinski definition) is 0. The van der Waals surface area contributed by atoms with Gasteiger partial charge in [0.15, 0.2) is 5.78 Å². The van der Waals surface area contributed by atoms with Crippen LogP contribution in [-0.2, 0) is 4.79 Å². The maximum Gasteiger partial charge on any atom is 0.254 e. The maximum atomic E-state index is 13.3. The molecule has 3 aromatic rings. The Bertz CT molecular complexity index is 1100. The maximum absolute atomic E-state index is 13.3. The van der Waals surface area contributed by atoms with Crippen LogP contribution in [0.15, 0.2) is 90.0 Å². The average molecular weight is 415 g/mol. The molecule has 0 N–H and O–H groups in total. The third-order valence-corrected chi connectivity index (χ3v) is 5.04. The summed E-state index contributed by atoms with van der Waals surface area (Å²) in [6.07, 6.45) is 3.34. The third kappa shape index (κ3) is 4.83. The van der Waals surface area contributed by atoms with Gasteiger partial charge in [-0.2, -0.15) is 0 Å². The van der Waals surface area contributed by atoms with Gasteiger partial charge in [0.1, 0.15) is 11.6 Å². The van der Waals surface area contributed by atoms with Gasteiger partial charge in [0.25, 0.3) is 5.91 Å². The number of halogens is 2. The summed E-state index contributed by atoms with van der Waals surface area (Å²) in [6.45, 7) is 0.287. The highest BCUT2D eigenvalue weighted by atomic mass is 19.1. The van der Waals surface area contributed by atoms with E-state index in [-0.39, 0.29) is 36.4 Å². The van der Waals surface area contributed by atoms with E-state index in [0.29, 0.717) is 27.8 Å². The number of likely N-dealkylation sites (tertiary alicyclic amines) is 1. The molecule has 3 aromatic carbocycles. The lowest BCUT2D eigenvalue weighted by atomic mass is 9.93. The van der Waals surface area contributed by atoms with Crippen molar-refractivity contribution in [1.82, 2.24) is 4.90 Å². The van der Waals surface area contributed by atoms with Crippen LogP contribution < -0.4 is 0 Å². The van der Waals surface area contributed by atoms with E-state index >= 15 is 0 Å². The number of ketones is 1. The number of Topliss-reactive ketones (excluding diaryl/α,β-unsaturated/α-hetero) is 1. The molecule has 1 heterocycles. The van der Waals surface area contributed by atoms with Crippen molar-refractivity contribution in [2.45, 2.75) is 0 Å². The molecular formula is C26H19F2NO2. The van der Waals surface area contributed by atoms with Gasteiger partial charge in [-0.15, -0.1) is 0 Å². The van der Waals surface area contributed by atoms with Gasteiger partial charge in [0, 0.05) is 16.7 Å². The van der Waals surface area contributed by atoms with Crippen molar-refractivity contribution in [3.05, 3.63) is 118 Å². The van der Waals surface area contributed by atoms with Crippen molar-refractivity contribution in [3.63, 3.8) is 0 Å². The van der Waals surface area contributed by atoms with E-state index < -0.39 is 0 Å². The van der Waals surface area contributed by atoms with Crippen LogP contribution in [0.5, 0.6) is 0 Å². The Morgan fingerprint density at radius 2 is 1.16 bits per heavy atom. The van der Waals surface area contributed by atoms with E-state index in [4.69, 9.17) is 0 Å². The summed E-state index contributed by atoms with van der Waals surface area (Å²) in [7, 11) is 0. The standard InChI is InChI=1S/C26H19F2NO2/c27-23-10-6-18(7-11-23)14-21-16-29(26(31)20-4-2-1-3-5-20)17-22(25(21)30)15-19-8-12-24(28)13-9-19/h1-15H,16-17H2/b21-14-,22-15+. The van der Waals surface area contributed by atoms with Crippen molar-refractivity contribution < 1.29 is 18.4 Å². The van der Waals surface area contributed by atoms with Gasteiger partial charge in [0.2, 0.25) is 0 Å². The lowest BCUT2D eigenvalue weighted by Gasteiger charge is -2.30. The van der Waals surface area contributed by atoms with E-state index in [1.165, 1.54) is 24.3 Å². The summed E-state index contributed by atoms with van der Waals surface area (Å²) >= 11 is 0. The second kappa shape index (κ2) is 8.88. The largest absolute Gasteiger partial charge is 0.330 e. The number of carbonyl (C=O) groups is 2. The molecule has 3 nitrogen and oxygen atoms in total. The molecule has 5 heteroatoms. The van der Waals surface area contributed by atoms with Crippen LogP contribution in [0.25, 0.3) is 12.2 Å². The molecule has 0 aliphatic carbocycles. The van der Waals surface area contributed by atoms with Crippen LogP contribution in [0.2, 0.25) is 0 Å². The minimum atomic E-state index is -0.366. The van der Waals surface area contributed by atoms with Gasteiger partial charge < -0.3 is 4.90 Å². The van der Waals surface area contributed by atoms with Crippen LogP contribution in [0, 0.1) is 11.6 Å². The Morgan fingerprint density at radius 3 is 1.61 bits per heavy atom. The zero-order valence-electron chi connectivity index (χ0n) is 16.6. The highest BCUT2D eigenvalue weighted by Crippen LogP contribution is 2.24. The van der Waals surface area contributed by atoms with Gasteiger partial charge in [-0.05, 0) is 59.7 Å². The molecule has 0 spiro atoms. The fourth-order valence-corrected chi connectivity index (χ4v) is 3.47. The first-order valence-electron chi connectivity index (χ1n) is 9.81. The van der Waals surface area contributed by atoms with Crippen molar-refractivity contribution in [1.29, 1.82) is 0 Å². The molecule has 1 fully saturated rings. The number of carbonyl (C=O) groups excluding carboxylic acids is 2. The smallest absolute Gasteiger partial charge is 0.254 e. The Labute approximate surface area is 178 Å². The topological polar surface area (TPSA) is 37.4 Å². The molecule has 0 saturated carbocycles. The van der Waals surface area contributed by atoms with Gasteiger partial charge in [-0.1, -0.05) is 42.5 Å². The highest BCUT2D eigenvalue weighted by Gasteiger charge is 2.29. The number of amides is 1. The zero-order valence-corrected chi connectivity index (χ0v) is 16.6. The monoisotopic (exact) mass is 415 g/mol. The van der Waals surface area contributed by atoms with E-state index in [1.54, 1.807) is 65.6 Å². The fourth-order valence-electron chi connectivity index (χ4n) is 3.47. The third-order valence-electron chi connectivity index (χ3n) is 5.04. The minimum Gasteiger partial charge on any atom is -0.330 e. The summed E-state index contributed by atoms with van der Waals surface area (Å²) in [5.74, 6) is -1.11. The number of rotatable bonds is 3.